The maximum atomic E-state index is 14.3. The minimum absolute atomic E-state index is 0.00149. The molecule has 1 saturated carbocycles. The summed E-state index contributed by atoms with van der Waals surface area (Å²) < 4.78 is 14.3. The van der Waals surface area contributed by atoms with Gasteiger partial charge in [0.25, 0.3) is 0 Å². The molecule has 1 atom stereocenters. The molecule has 0 aromatic heterocycles. The van der Waals surface area contributed by atoms with Gasteiger partial charge in [-0.25, -0.2) is 4.39 Å². The highest BCUT2D eigenvalue weighted by atomic mass is 19.1. The van der Waals surface area contributed by atoms with E-state index in [0.29, 0.717) is 0 Å². The first-order chi connectivity index (χ1) is 14.2. The lowest BCUT2D eigenvalue weighted by molar-refractivity contribution is 0.241. The van der Waals surface area contributed by atoms with Gasteiger partial charge >= 0.3 is 0 Å². The Bertz CT molecular complexity index is 636. The summed E-state index contributed by atoms with van der Waals surface area (Å²) in [5.74, 6) is 2.95. The van der Waals surface area contributed by atoms with E-state index in [1.807, 2.05) is 6.07 Å². The molecule has 1 unspecified atom stereocenters. The van der Waals surface area contributed by atoms with Crippen molar-refractivity contribution in [3.63, 3.8) is 0 Å². The second-order valence-electron chi connectivity index (χ2n) is 9.90. The van der Waals surface area contributed by atoms with Crippen LogP contribution in [0.1, 0.15) is 108 Å². The molecule has 162 valence electrons. The third kappa shape index (κ3) is 7.26. The predicted molar refractivity (Wildman–Crippen MR) is 124 cm³/mol. The van der Waals surface area contributed by atoms with E-state index in [4.69, 9.17) is 0 Å². The molecule has 2 aliphatic carbocycles. The van der Waals surface area contributed by atoms with E-state index in [-0.39, 0.29) is 5.82 Å². The highest BCUT2D eigenvalue weighted by molar-refractivity contribution is 5.25. The van der Waals surface area contributed by atoms with E-state index >= 15 is 0 Å². The molecule has 2 aliphatic rings. The Hall–Kier alpha value is -1.11. The average molecular weight is 399 g/mol. The van der Waals surface area contributed by atoms with Crippen LogP contribution in [0.5, 0.6) is 0 Å². The summed E-state index contributed by atoms with van der Waals surface area (Å²) in [4.78, 5) is 0. The second-order valence-corrected chi connectivity index (χ2v) is 9.90. The predicted octanol–water partition coefficient (Wildman–Crippen LogP) is 8.82. The van der Waals surface area contributed by atoms with Gasteiger partial charge in [-0.1, -0.05) is 82.6 Å². The molecule has 0 amide bonds. The first-order valence-corrected chi connectivity index (χ1v) is 12.6. The molecule has 0 saturated heterocycles. The van der Waals surface area contributed by atoms with E-state index in [2.05, 4.69) is 26.0 Å². The number of hydrogen-bond acceptors (Lipinski definition) is 0. The van der Waals surface area contributed by atoms with E-state index in [1.165, 1.54) is 64.2 Å². The first-order valence-electron chi connectivity index (χ1n) is 12.6. The second kappa shape index (κ2) is 11.9. The Morgan fingerprint density at radius 2 is 1.62 bits per heavy atom. The number of hydrogen-bond donors (Lipinski definition) is 0. The van der Waals surface area contributed by atoms with Crippen LogP contribution in [0, 0.1) is 23.6 Å². The highest BCUT2D eigenvalue weighted by Gasteiger charge is 2.22. The monoisotopic (exact) mass is 398 g/mol. The molecule has 0 aliphatic heterocycles. The number of halogens is 1. The number of aryl methyl sites for hydroxylation is 2. The smallest absolute Gasteiger partial charge is 0.126 e. The Labute approximate surface area is 179 Å². The lowest BCUT2D eigenvalue weighted by Crippen LogP contribution is -2.15. The van der Waals surface area contributed by atoms with Crippen molar-refractivity contribution in [1.82, 2.24) is 0 Å². The minimum atomic E-state index is 0.00149. The van der Waals surface area contributed by atoms with Crippen LogP contribution in [-0.2, 0) is 12.8 Å². The molecule has 1 heteroatoms. The van der Waals surface area contributed by atoms with Crippen molar-refractivity contribution in [2.24, 2.45) is 17.8 Å². The summed E-state index contributed by atoms with van der Waals surface area (Å²) in [5, 5.41) is 0. The van der Waals surface area contributed by atoms with Gasteiger partial charge in [0, 0.05) is 0 Å². The number of allylic oxidation sites excluding steroid dienone is 2. The van der Waals surface area contributed by atoms with Gasteiger partial charge in [0.2, 0.25) is 0 Å². The van der Waals surface area contributed by atoms with Crippen LogP contribution in [0.25, 0.3) is 0 Å². The molecule has 0 bridgehead atoms. The maximum Gasteiger partial charge on any atom is 0.126 e. The van der Waals surface area contributed by atoms with Gasteiger partial charge in [-0.2, -0.15) is 0 Å². The topological polar surface area (TPSA) is 0 Å². The number of benzene rings is 1. The molecule has 1 aromatic rings. The molecule has 0 N–H and O–H groups in total. The van der Waals surface area contributed by atoms with Crippen molar-refractivity contribution >= 4 is 0 Å². The van der Waals surface area contributed by atoms with Crippen LogP contribution >= 0.6 is 0 Å². The average Bonchev–Trinajstić information content (AvgIpc) is 2.76. The van der Waals surface area contributed by atoms with Crippen molar-refractivity contribution in [3.05, 3.63) is 46.8 Å². The van der Waals surface area contributed by atoms with Crippen LogP contribution in [-0.4, -0.2) is 0 Å². The molecule has 1 fully saturated rings. The normalized spacial score (nSPS) is 25.1. The molecule has 0 heterocycles. The van der Waals surface area contributed by atoms with Gasteiger partial charge in [-0.15, -0.1) is 0 Å². The summed E-state index contributed by atoms with van der Waals surface area (Å²) >= 11 is 0. The van der Waals surface area contributed by atoms with E-state index in [1.54, 1.807) is 11.6 Å². The fourth-order valence-corrected chi connectivity index (χ4v) is 5.45. The Kier molecular flexibility index (Phi) is 9.28. The Morgan fingerprint density at radius 1 is 0.862 bits per heavy atom. The quantitative estimate of drug-likeness (QED) is 0.345. The Morgan fingerprint density at radius 3 is 2.28 bits per heavy atom. The molecule has 0 spiro atoms. The van der Waals surface area contributed by atoms with Crippen molar-refractivity contribution in [1.29, 1.82) is 0 Å². The van der Waals surface area contributed by atoms with Crippen LogP contribution in [0.15, 0.2) is 29.8 Å². The molecule has 0 radical (unpaired) electrons. The molecule has 1 aromatic carbocycles. The number of rotatable bonds is 10. The minimum Gasteiger partial charge on any atom is -0.207 e. The standard InChI is InChI=1S/C28H43F/c1-3-5-6-27-20-19-26(21-28(27)29)18-17-25-15-13-24(14-16-25)12-11-23-9-7-22(4-2)8-10-23/h15,19-24H,3-14,16-18H2,1-2H3/t22-,23-,24?. The van der Waals surface area contributed by atoms with Crippen LogP contribution in [0.3, 0.4) is 0 Å². The fraction of sp³-hybridized carbons (Fsp3) is 0.714. The Balaban J connectivity index is 1.36. The lowest BCUT2D eigenvalue weighted by Gasteiger charge is -2.29. The lowest BCUT2D eigenvalue weighted by atomic mass is 9.76. The van der Waals surface area contributed by atoms with E-state index < -0.39 is 0 Å². The van der Waals surface area contributed by atoms with Crippen LogP contribution in [0.2, 0.25) is 0 Å². The molecular weight excluding hydrogens is 355 g/mol. The molecule has 0 nitrogen and oxygen atoms in total. The zero-order valence-corrected chi connectivity index (χ0v) is 19.0. The zero-order chi connectivity index (χ0) is 20.5. The third-order valence-corrected chi connectivity index (χ3v) is 7.79. The van der Waals surface area contributed by atoms with Crippen molar-refractivity contribution in [3.8, 4) is 0 Å². The molecule has 3 rings (SSSR count). The van der Waals surface area contributed by atoms with Gasteiger partial charge in [0.05, 0.1) is 0 Å². The van der Waals surface area contributed by atoms with Gasteiger partial charge in [0.1, 0.15) is 5.82 Å². The SMILES string of the molecule is CCCCc1ccc(CCC2=CCC(CC[C@H]3CC[C@H](CC)CC3)CC2)cc1F. The van der Waals surface area contributed by atoms with Crippen molar-refractivity contribution in [2.75, 3.05) is 0 Å². The van der Waals surface area contributed by atoms with Gasteiger partial charge in [0.15, 0.2) is 0 Å². The summed E-state index contributed by atoms with van der Waals surface area (Å²) in [6.07, 6.45) is 21.8. The van der Waals surface area contributed by atoms with Crippen molar-refractivity contribution < 1.29 is 4.39 Å². The van der Waals surface area contributed by atoms with Crippen LogP contribution < -0.4 is 0 Å². The number of unbranched alkanes of at least 4 members (excludes halogenated alkanes) is 1. The molecule has 29 heavy (non-hydrogen) atoms. The molecular formula is C28H43F. The largest absolute Gasteiger partial charge is 0.207 e. The summed E-state index contributed by atoms with van der Waals surface area (Å²) in [6.45, 7) is 4.52. The maximum absolute atomic E-state index is 14.3. The van der Waals surface area contributed by atoms with E-state index in [9.17, 15) is 4.39 Å². The van der Waals surface area contributed by atoms with Crippen molar-refractivity contribution in [2.45, 2.75) is 110 Å². The highest BCUT2D eigenvalue weighted by Crippen LogP contribution is 2.36. The zero-order valence-electron chi connectivity index (χ0n) is 19.0. The summed E-state index contributed by atoms with van der Waals surface area (Å²) in [5.41, 5.74) is 3.66. The third-order valence-electron chi connectivity index (χ3n) is 7.79. The first kappa shape index (κ1) is 22.6. The van der Waals surface area contributed by atoms with E-state index in [0.717, 1.165) is 61.0 Å². The van der Waals surface area contributed by atoms with Gasteiger partial charge in [-0.3, -0.25) is 0 Å². The summed E-state index contributed by atoms with van der Waals surface area (Å²) in [7, 11) is 0. The fourth-order valence-electron chi connectivity index (χ4n) is 5.45. The summed E-state index contributed by atoms with van der Waals surface area (Å²) in [6, 6.07) is 5.94. The van der Waals surface area contributed by atoms with Gasteiger partial charge < -0.3 is 0 Å². The van der Waals surface area contributed by atoms with Crippen LogP contribution in [0.4, 0.5) is 4.39 Å². The van der Waals surface area contributed by atoms with Gasteiger partial charge in [-0.05, 0) is 86.3 Å².